The fraction of sp³-hybridized carbons (Fsp3) is 0.0909. The van der Waals surface area contributed by atoms with Gasteiger partial charge < -0.3 is 15.5 Å². The van der Waals surface area contributed by atoms with Crippen LogP contribution >= 0.6 is 11.6 Å². The summed E-state index contributed by atoms with van der Waals surface area (Å²) in [6, 6.07) is 14.6. The lowest BCUT2D eigenvalue weighted by molar-refractivity contribution is -0.193. The number of anilines is 1. The molecule has 0 saturated carbocycles. The number of aliphatic carboxylic acids is 2. The number of nitrogens with zero attached hydrogens (tertiary/aromatic N) is 4. The van der Waals surface area contributed by atoms with E-state index in [1.165, 1.54) is 6.33 Å². The summed E-state index contributed by atoms with van der Waals surface area (Å²) in [5.74, 6) is -4.84. The van der Waals surface area contributed by atoms with Crippen molar-refractivity contribution >= 4 is 40.8 Å². The number of nitrogens with one attached hydrogen (secondary N) is 1. The van der Waals surface area contributed by atoms with E-state index < -0.39 is 24.3 Å². The van der Waals surface area contributed by atoms with E-state index in [2.05, 4.69) is 20.3 Å². The van der Waals surface area contributed by atoms with Gasteiger partial charge in [0, 0.05) is 18.0 Å². The average Bonchev–Trinajstić information content (AvgIpc) is 3.24. The molecule has 0 spiro atoms. The van der Waals surface area contributed by atoms with Gasteiger partial charge in [-0.25, -0.2) is 24.5 Å². The Labute approximate surface area is 218 Å². The molecule has 0 bridgehead atoms. The lowest BCUT2D eigenvalue weighted by Gasteiger charge is -2.02. The van der Waals surface area contributed by atoms with Gasteiger partial charge in [0.1, 0.15) is 18.0 Å². The Kier molecular flexibility index (Phi) is 9.91. The van der Waals surface area contributed by atoms with E-state index in [0.717, 1.165) is 5.56 Å². The number of alkyl halides is 6. The van der Waals surface area contributed by atoms with Crippen molar-refractivity contribution in [3.05, 3.63) is 78.0 Å². The number of benzene rings is 1. The molecule has 1 aromatic carbocycles. The Morgan fingerprint density at radius 1 is 0.872 bits per heavy atom. The SMILES string of the molecule is O=C(Nc1ccncn1)c1nc(-c2ccccc2Cl)n2ccccc12.O=C(O)C(F)(F)F.O=C(O)C(F)(F)F. The van der Waals surface area contributed by atoms with Gasteiger partial charge in [-0.3, -0.25) is 9.20 Å². The Bertz CT molecular complexity index is 1440. The van der Waals surface area contributed by atoms with E-state index in [1.807, 2.05) is 47.0 Å². The minimum Gasteiger partial charge on any atom is -0.475 e. The number of pyridine rings is 1. The summed E-state index contributed by atoms with van der Waals surface area (Å²) in [5.41, 5.74) is 1.74. The van der Waals surface area contributed by atoms with Crippen molar-refractivity contribution in [3.8, 4) is 11.4 Å². The fourth-order valence-corrected chi connectivity index (χ4v) is 2.80. The Morgan fingerprint density at radius 3 is 1.95 bits per heavy atom. The van der Waals surface area contributed by atoms with Gasteiger partial charge >= 0.3 is 24.3 Å². The van der Waals surface area contributed by atoms with E-state index in [9.17, 15) is 31.1 Å². The number of fused-ring (bicyclic) bond motifs is 1. The predicted octanol–water partition coefficient (Wildman–Crippen LogP) is 4.96. The number of imidazole rings is 1. The number of hydrogen-bond acceptors (Lipinski definition) is 6. The third kappa shape index (κ3) is 8.67. The topological polar surface area (TPSA) is 147 Å². The third-order valence-electron chi connectivity index (χ3n) is 4.19. The smallest absolute Gasteiger partial charge is 0.475 e. The van der Waals surface area contributed by atoms with Crippen molar-refractivity contribution in [3.63, 3.8) is 0 Å². The van der Waals surface area contributed by atoms with Crippen molar-refractivity contribution in [2.24, 2.45) is 0 Å². The first-order chi connectivity index (χ1) is 18.1. The molecule has 10 nitrogen and oxygen atoms in total. The zero-order chi connectivity index (χ0) is 29.4. The molecule has 4 aromatic rings. The standard InChI is InChI=1S/C18H12ClN5O.2C2HF3O2/c19-13-6-2-1-5-12(13)17-23-16(14-7-3-4-10-24(14)17)18(25)22-15-8-9-20-11-21-15;2*3-2(4,5)1(6)7/h1-11H,(H,20,21,22,25);2*(H,6,7). The number of carbonyl (C=O) groups is 3. The number of halogens is 7. The zero-order valence-electron chi connectivity index (χ0n) is 18.9. The van der Waals surface area contributed by atoms with Gasteiger partial charge in [0.15, 0.2) is 5.69 Å². The number of carbonyl (C=O) groups excluding carboxylic acids is 1. The van der Waals surface area contributed by atoms with E-state index in [0.29, 0.717) is 27.9 Å². The molecule has 4 rings (SSSR count). The van der Waals surface area contributed by atoms with Crippen LogP contribution in [0.4, 0.5) is 32.2 Å². The van der Waals surface area contributed by atoms with Crippen molar-refractivity contribution in [2.75, 3.05) is 5.32 Å². The van der Waals surface area contributed by atoms with Crippen LogP contribution in [0.3, 0.4) is 0 Å². The van der Waals surface area contributed by atoms with Crippen LogP contribution in [0.1, 0.15) is 10.5 Å². The van der Waals surface area contributed by atoms with E-state index >= 15 is 0 Å². The minimum atomic E-state index is -5.08. The predicted molar refractivity (Wildman–Crippen MR) is 123 cm³/mol. The van der Waals surface area contributed by atoms with Crippen molar-refractivity contribution in [1.82, 2.24) is 19.4 Å². The van der Waals surface area contributed by atoms with E-state index in [4.69, 9.17) is 31.4 Å². The monoisotopic (exact) mass is 577 g/mol. The first-order valence-corrected chi connectivity index (χ1v) is 10.4. The largest absolute Gasteiger partial charge is 0.490 e. The molecule has 0 aliphatic heterocycles. The van der Waals surface area contributed by atoms with Crippen LogP contribution in [0.2, 0.25) is 5.02 Å². The number of amides is 1. The van der Waals surface area contributed by atoms with Crippen molar-refractivity contribution < 1.29 is 50.9 Å². The van der Waals surface area contributed by atoms with Crippen LogP contribution in [-0.2, 0) is 9.59 Å². The molecule has 3 N–H and O–H groups in total. The van der Waals surface area contributed by atoms with E-state index in [-0.39, 0.29) is 5.91 Å². The number of carboxylic acid groups (broad SMARTS) is 2. The second-order valence-corrected chi connectivity index (χ2v) is 7.28. The van der Waals surface area contributed by atoms with Gasteiger partial charge in [-0.1, -0.05) is 29.8 Å². The maximum atomic E-state index is 12.7. The highest BCUT2D eigenvalue weighted by Crippen LogP contribution is 2.29. The highest BCUT2D eigenvalue weighted by molar-refractivity contribution is 6.33. The first-order valence-electron chi connectivity index (χ1n) is 10.0. The second-order valence-electron chi connectivity index (χ2n) is 6.87. The Hall–Kier alpha value is -4.73. The molecule has 1 amide bonds. The summed E-state index contributed by atoms with van der Waals surface area (Å²) in [4.78, 5) is 42.8. The molecule has 0 aliphatic carbocycles. The number of carboxylic acids is 2. The maximum Gasteiger partial charge on any atom is 0.490 e. The molecular formula is C22H14ClF6N5O5. The lowest BCUT2D eigenvalue weighted by atomic mass is 10.2. The van der Waals surface area contributed by atoms with Crippen LogP contribution in [0, 0.1) is 0 Å². The molecule has 206 valence electrons. The Balaban J connectivity index is 0.000000317. The molecule has 0 atom stereocenters. The van der Waals surface area contributed by atoms with Gasteiger partial charge in [0.2, 0.25) is 0 Å². The summed E-state index contributed by atoms with van der Waals surface area (Å²) in [7, 11) is 0. The molecule has 0 fully saturated rings. The molecule has 0 saturated heterocycles. The summed E-state index contributed by atoms with van der Waals surface area (Å²) in [6.45, 7) is 0. The van der Waals surface area contributed by atoms with Gasteiger partial charge in [0.25, 0.3) is 5.91 Å². The van der Waals surface area contributed by atoms with Crippen LogP contribution in [0.5, 0.6) is 0 Å². The lowest BCUT2D eigenvalue weighted by Crippen LogP contribution is -2.21. The first kappa shape index (κ1) is 30.5. The van der Waals surface area contributed by atoms with Gasteiger partial charge in [-0.15, -0.1) is 0 Å². The summed E-state index contributed by atoms with van der Waals surface area (Å²) >= 11 is 6.31. The molecular weight excluding hydrogens is 564 g/mol. The quantitative estimate of drug-likeness (QED) is 0.289. The number of hydrogen-bond donors (Lipinski definition) is 3. The van der Waals surface area contributed by atoms with Crippen molar-refractivity contribution in [2.45, 2.75) is 12.4 Å². The highest BCUT2D eigenvalue weighted by Gasteiger charge is 2.38. The maximum absolute atomic E-state index is 12.7. The molecule has 0 unspecified atom stereocenters. The van der Waals surface area contributed by atoms with Gasteiger partial charge in [0.05, 0.1) is 10.5 Å². The average molecular weight is 578 g/mol. The molecule has 39 heavy (non-hydrogen) atoms. The fourth-order valence-electron chi connectivity index (χ4n) is 2.58. The normalized spacial score (nSPS) is 10.9. The zero-order valence-corrected chi connectivity index (χ0v) is 19.7. The van der Waals surface area contributed by atoms with Crippen LogP contribution in [0.15, 0.2) is 67.3 Å². The third-order valence-corrected chi connectivity index (χ3v) is 4.52. The summed E-state index contributed by atoms with van der Waals surface area (Å²) in [6.07, 6.45) is -5.39. The summed E-state index contributed by atoms with van der Waals surface area (Å²) < 4.78 is 65.3. The molecule has 3 aromatic heterocycles. The van der Waals surface area contributed by atoms with Gasteiger partial charge in [-0.05, 0) is 30.3 Å². The molecule has 0 radical (unpaired) electrons. The van der Waals surface area contributed by atoms with Crippen LogP contribution in [0.25, 0.3) is 16.9 Å². The van der Waals surface area contributed by atoms with Crippen molar-refractivity contribution in [1.29, 1.82) is 0 Å². The van der Waals surface area contributed by atoms with Crippen LogP contribution < -0.4 is 5.32 Å². The van der Waals surface area contributed by atoms with Crippen LogP contribution in [-0.4, -0.2) is 59.8 Å². The summed E-state index contributed by atoms with van der Waals surface area (Å²) in [5, 5.41) is 17.6. The number of aromatic nitrogens is 4. The molecule has 0 aliphatic rings. The molecule has 17 heteroatoms. The molecule has 3 heterocycles. The second kappa shape index (κ2) is 12.7. The van der Waals surface area contributed by atoms with Gasteiger partial charge in [-0.2, -0.15) is 26.3 Å². The number of rotatable bonds is 3. The Morgan fingerprint density at radius 2 is 1.44 bits per heavy atom. The highest BCUT2D eigenvalue weighted by atomic mass is 35.5. The minimum absolute atomic E-state index is 0.300. The van der Waals surface area contributed by atoms with E-state index in [1.54, 1.807) is 18.3 Å².